The van der Waals surface area contributed by atoms with Crippen LogP contribution in [0.4, 0.5) is 0 Å². The van der Waals surface area contributed by atoms with Crippen molar-refractivity contribution < 1.29 is 22.7 Å². The normalized spacial score (nSPS) is 22.7. The van der Waals surface area contributed by atoms with Crippen LogP contribution >= 0.6 is 0 Å². The third-order valence-corrected chi connectivity index (χ3v) is 9.33. The van der Waals surface area contributed by atoms with Crippen LogP contribution in [0.2, 0.25) is 0 Å². The van der Waals surface area contributed by atoms with Gasteiger partial charge in [0.2, 0.25) is 15.9 Å². The molecule has 2 aliphatic rings. The first-order chi connectivity index (χ1) is 16.2. The Kier molecular flexibility index (Phi) is 9.26. The number of nitrogens with two attached hydrogens (primary N) is 1. The smallest absolute Gasteiger partial charge is 0.248 e. The zero-order chi connectivity index (χ0) is 24.8. The summed E-state index contributed by atoms with van der Waals surface area (Å²) >= 11 is 0. The molecule has 1 saturated carbocycles. The maximum Gasteiger partial charge on any atom is 0.248 e. The van der Waals surface area contributed by atoms with Gasteiger partial charge in [-0.05, 0) is 30.4 Å². The standard InChI is InChI=1S/C25H39N3O5S/c1-3-19(2)25(26,23(29)14-13-20-9-7-8-10-20)24(30)27-17-21-18-28(15-16-33-21)34(31,32)22-11-5-4-6-12-22/h4-6,11-12,19-21H,3,7-10,13-18,26H2,1-2H3,(H,27,30)/t19-,21?,25+/m0/s1. The van der Waals surface area contributed by atoms with Crippen LogP contribution in [-0.2, 0) is 24.3 Å². The van der Waals surface area contributed by atoms with Crippen molar-refractivity contribution in [2.24, 2.45) is 17.6 Å². The zero-order valence-corrected chi connectivity index (χ0v) is 21.2. The Morgan fingerprint density at radius 3 is 2.56 bits per heavy atom. The maximum absolute atomic E-state index is 13.2. The van der Waals surface area contributed by atoms with Gasteiger partial charge in [0.15, 0.2) is 11.3 Å². The van der Waals surface area contributed by atoms with Crippen molar-refractivity contribution in [1.82, 2.24) is 9.62 Å². The molecular formula is C25H39N3O5S. The van der Waals surface area contributed by atoms with E-state index >= 15 is 0 Å². The fourth-order valence-corrected chi connectivity index (χ4v) is 6.39. The molecule has 0 aromatic heterocycles. The van der Waals surface area contributed by atoms with Crippen LogP contribution in [0.1, 0.15) is 58.8 Å². The Hall–Kier alpha value is -1.81. The van der Waals surface area contributed by atoms with E-state index in [1.807, 2.05) is 13.8 Å². The predicted molar refractivity (Wildman–Crippen MR) is 131 cm³/mol. The van der Waals surface area contributed by atoms with Crippen molar-refractivity contribution in [2.75, 3.05) is 26.2 Å². The fraction of sp³-hybridized carbons (Fsp3) is 0.680. The Morgan fingerprint density at radius 1 is 1.24 bits per heavy atom. The summed E-state index contributed by atoms with van der Waals surface area (Å²) < 4.78 is 33.0. The number of amides is 1. The van der Waals surface area contributed by atoms with E-state index in [0.717, 1.165) is 19.3 Å². The predicted octanol–water partition coefficient (Wildman–Crippen LogP) is 2.48. The molecule has 3 rings (SSSR count). The van der Waals surface area contributed by atoms with Crippen LogP contribution in [0.5, 0.6) is 0 Å². The summed E-state index contributed by atoms with van der Waals surface area (Å²) in [4.78, 5) is 26.6. The number of ether oxygens (including phenoxy) is 1. The topological polar surface area (TPSA) is 119 Å². The number of morpholine rings is 1. The van der Waals surface area contributed by atoms with Crippen molar-refractivity contribution in [2.45, 2.75) is 75.3 Å². The van der Waals surface area contributed by atoms with E-state index in [1.165, 1.54) is 17.1 Å². The summed E-state index contributed by atoms with van der Waals surface area (Å²) in [7, 11) is -3.65. The van der Waals surface area contributed by atoms with E-state index < -0.39 is 27.6 Å². The molecule has 0 bridgehead atoms. The number of Topliss-reactive ketones (excluding diaryl/α,β-unsaturated/α-hetero) is 1. The summed E-state index contributed by atoms with van der Waals surface area (Å²) in [6.45, 7) is 4.43. The lowest BCUT2D eigenvalue weighted by Gasteiger charge is -2.35. The highest BCUT2D eigenvalue weighted by Gasteiger charge is 2.45. The van der Waals surface area contributed by atoms with E-state index in [-0.39, 0.29) is 42.8 Å². The van der Waals surface area contributed by atoms with Gasteiger partial charge in [0.25, 0.3) is 0 Å². The Labute approximate surface area is 203 Å². The van der Waals surface area contributed by atoms with Crippen molar-refractivity contribution in [1.29, 1.82) is 0 Å². The molecule has 1 aliphatic carbocycles. The number of hydrogen-bond donors (Lipinski definition) is 2. The molecule has 0 spiro atoms. The SMILES string of the molecule is CC[C@H](C)[C@@](N)(C(=O)CCC1CCCC1)C(=O)NCC1CN(S(=O)(=O)c2ccccc2)CCO1. The second-order valence-corrected chi connectivity index (χ2v) is 11.6. The number of hydrogen-bond acceptors (Lipinski definition) is 6. The minimum Gasteiger partial charge on any atom is -0.374 e. The molecule has 1 unspecified atom stereocenters. The van der Waals surface area contributed by atoms with Crippen LogP contribution < -0.4 is 11.1 Å². The number of rotatable bonds is 11. The lowest BCUT2D eigenvalue weighted by Crippen LogP contribution is -2.64. The highest BCUT2D eigenvalue weighted by Crippen LogP contribution is 2.30. The van der Waals surface area contributed by atoms with Gasteiger partial charge in [0.05, 0.1) is 17.6 Å². The average Bonchev–Trinajstić information content (AvgIpc) is 3.39. The van der Waals surface area contributed by atoms with Crippen LogP contribution in [0.25, 0.3) is 0 Å². The number of carbonyl (C=O) groups is 2. The van der Waals surface area contributed by atoms with Gasteiger partial charge in [-0.1, -0.05) is 64.2 Å². The third kappa shape index (κ3) is 6.05. The third-order valence-electron chi connectivity index (χ3n) is 7.45. The minimum absolute atomic E-state index is 0.0882. The molecule has 9 heteroatoms. The molecule has 3 N–H and O–H groups in total. The summed E-state index contributed by atoms with van der Waals surface area (Å²) in [6, 6.07) is 8.26. The van der Waals surface area contributed by atoms with E-state index in [2.05, 4.69) is 5.32 Å². The van der Waals surface area contributed by atoms with Crippen molar-refractivity contribution in [3.63, 3.8) is 0 Å². The summed E-state index contributed by atoms with van der Waals surface area (Å²) in [5, 5.41) is 2.80. The molecule has 1 saturated heterocycles. The minimum atomic E-state index is -3.65. The molecular weight excluding hydrogens is 454 g/mol. The quantitative estimate of drug-likeness (QED) is 0.457. The van der Waals surface area contributed by atoms with E-state index in [9.17, 15) is 18.0 Å². The summed E-state index contributed by atoms with van der Waals surface area (Å²) in [5.41, 5.74) is 4.90. The number of benzene rings is 1. The van der Waals surface area contributed by atoms with Crippen molar-refractivity contribution >= 4 is 21.7 Å². The zero-order valence-electron chi connectivity index (χ0n) is 20.4. The van der Waals surface area contributed by atoms with E-state index in [0.29, 0.717) is 18.8 Å². The lowest BCUT2D eigenvalue weighted by atomic mass is 9.77. The molecule has 8 nitrogen and oxygen atoms in total. The Bertz CT molecular complexity index is 933. The molecule has 0 radical (unpaired) electrons. The highest BCUT2D eigenvalue weighted by molar-refractivity contribution is 7.89. The average molecular weight is 494 g/mol. The first-order valence-electron chi connectivity index (χ1n) is 12.5. The molecule has 1 aliphatic heterocycles. The van der Waals surface area contributed by atoms with Gasteiger partial charge in [0, 0.05) is 26.1 Å². The monoisotopic (exact) mass is 493 g/mol. The summed E-state index contributed by atoms with van der Waals surface area (Å²) in [6.07, 6.45) is 5.85. The van der Waals surface area contributed by atoms with Gasteiger partial charge in [-0.15, -0.1) is 0 Å². The lowest BCUT2D eigenvalue weighted by molar-refractivity contribution is -0.139. The van der Waals surface area contributed by atoms with E-state index in [4.69, 9.17) is 10.5 Å². The van der Waals surface area contributed by atoms with Gasteiger partial charge in [-0.3, -0.25) is 9.59 Å². The highest BCUT2D eigenvalue weighted by atomic mass is 32.2. The first-order valence-corrected chi connectivity index (χ1v) is 13.9. The molecule has 1 aromatic carbocycles. The van der Waals surface area contributed by atoms with Gasteiger partial charge >= 0.3 is 0 Å². The second kappa shape index (κ2) is 11.7. The molecule has 34 heavy (non-hydrogen) atoms. The number of carbonyl (C=O) groups excluding carboxylic acids is 2. The fourth-order valence-electron chi connectivity index (χ4n) is 4.92. The van der Waals surface area contributed by atoms with E-state index in [1.54, 1.807) is 30.3 Å². The first kappa shape index (κ1) is 26.8. The van der Waals surface area contributed by atoms with Crippen molar-refractivity contribution in [3.8, 4) is 0 Å². The number of ketones is 1. The Balaban J connectivity index is 1.61. The van der Waals surface area contributed by atoms with Crippen LogP contribution in [-0.4, -0.2) is 62.3 Å². The molecule has 1 heterocycles. The van der Waals surface area contributed by atoms with Crippen LogP contribution in [0.15, 0.2) is 35.2 Å². The molecule has 2 fully saturated rings. The molecule has 1 aromatic rings. The Morgan fingerprint density at radius 2 is 1.91 bits per heavy atom. The van der Waals surface area contributed by atoms with Gasteiger partial charge < -0.3 is 15.8 Å². The molecule has 3 atom stereocenters. The van der Waals surface area contributed by atoms with Crippen LogP contribution in [0, 0.1) is 11.8 Å². The maximum atomic E-state index is 13.2. The van der Waals surface area contributed by atoms with Crippen LogP contribution in [0.3, 0.4) is 0 Å². The van der Waals surface area contributed by atoms with Gasteiger partial charge in [-0.25, -0.2) is 8.42 Å². The molecule has 190 valence electrons. The number of nitrogens with zero attached hydrogens (tertiary/aromatic N) is 1. The van der Waals surface area contributed by atoms with Gasteiger partial charge in [0.1, 0.15) is 0 Å². The second-order valence-electron chi connectivity index (χ2n) is 9.67. The summed E-state index contributed by atoms with van der Waals surface area (Å²) in [5.74, 6) is -0.499. The largest absolute Gasteiger partial charge is 0.374 e. The van der Waals surface area contributed by atoms with Gasteiger partial charge in [-0.2, -0.15) is 4.31 Å². The molecule has 1 amide bonds. The number of sulfonamides is 1. The van der Waals surface area contributed by atoms with Crippen molar-refractivity contribution in [3.05, 3.63) is 30.3 Å². The number of nitrogens with one attached hydrogen (secondary N) is 1.